The fraction of sp³-hybridized carbons (Fsp3) is 0.615. The first-order valence-electron chi connectivity index (χ1n) is 6.05. The molecule has 18 heavy (non-hydrogen) atoms. The van der Waals surface area contributed by atoms with E-state index in [1.807, 2.05) is 14.0 Å². The molecule has 0 bridgehead atoms. The monoisotopic (exact) mass is 290 g/mol. The molecule has 0 aliphatic rings. The van der Waals surface area contributed by atoms with Crippen LogP contribution in [0.15, 0.2) is 6.07 Å². The van der Waals surface area contributed by atoms with Crippen LogP contribution in [0.5, 0.6) is 0 Å². The summed E-state index contributed by atoms with van der Waals surface area (Å²) in [5, 5.41) is 6.09. The van der Waals surface area contributed by atoms with Crippen LogP contribution in [-0.2, 0) is 4.79 Å². The number of hydrogen-bond donors (Lipinski definition) is 2. The number of hydrogen-bond acceptors (Lipinski definition) is 3. The van der Waals surface area contributed by atoms with Gasteiger partial charge in [-0.05, 0) is 52.4 Å². The Morgan fingerprint density at radius 2 is 2.11 bits per heavy atom. The second-order valence-corrected chi connectivity index (χ2v) is 5.83. The van der Waals surface area contributed by atoms with Gasteiger partial charge >= 0.3 is 0 Å². The van der Waals surface area contributed by atoms with Gasteiger partial charge in [0.15, 0.2) is 0 Å². The molecule has 0 aliphatic heterocycles. The zero-order valence-electron chi connectivity index (χ0n) is 11.5. The Bertz CT molecular complexity index is 379. The molecule has 0 radical (unpaired) electrons. The van der Waals surface area contributed by atoms with Gasteiger partial charge in [0.05, 0.1) is 6.04 Å². The van der Waals surface area contributed by atoms with Crippen molar-refractivity contribution in [3.63, 3.8) is 0 Å². The van der Waals surface area contributed by atoms with Crippen LogP contribution in [0.2, 0.25) is 0 Å². The van der Waals surface area contributed by atoms with E-state index in [2.05, 4.69) is 30.5 Å². The van der Waals surface area contributed by atoms with E-state index in [0.717, 1.165) is 13.0 Å². The molecule has 0 saturated heterocycles. The second-order valence-electron chi connectivity index (χ2n) is 4.36. The molecule has 1 aromatic heterocycles. The molecule has 1 atom stereocenters. The number of aryl methyl sites for hydroxylation is 2. The lowest BCUT2D eigenvalue weighted by molar-refractivity contribution is -0.121. The van der Waals surface area contributed by atoms with Crippen LogP contribution in [0.1, 0.15) is 41.1 Å². The van der Waals surface area contributed by atoms with E-state index in [-0.39, 0.29) is 24.4 Å². The number of thiophene rings is 1. The molecule has 1 aromatic rings. The van der Waals surface area contributed by atoms with Crippen molar-refractivity contribution in [1.29, 1.82) is 0 Å². The van der Waals surface area contributed by atoms with E-state index < -0.39 is 0 Å². The van der Waals surface area contributed by atoms with Crippen LogP contribution >= 0.6 is 23.7 Å². The third-order valence-electron chi connectivity index (χ3n) is 2.75. The first-order chi connectivity index (χ1) is 8.04. The Morgan fingerprint density at radius 3 is 2.61 bits per heavy atom. The molecule has 0 aliphatic carbocycles. The summed E-state index contributed by atoms with van der Waals surface area (Å²) in [6.45, 7) is 7.14. The van der Waals surface area contributed by atoms with E-state index in [9.17, 15) is 4.79 Å². The van der Waals surface area contributed by atoms with Crippen LogP contribution in [0.3, 0.4) is 0 Å². The summed E-state index contributed by atoms with van der Waals surface area (Å²) in [7, 11) is 1.90. The lowest BCUT2D eigenvalue weighted by Crippen LogP contribution is -2.27. The topological polar surface area (TPSA) is 41.1 Å². The van der Waals surface area contributed by atoms with Crippen molar-refractivity contribution in [3.8, 4) is 0 Å². The third kappa shape index (κ3) is 5.38. The van der Waals surface area contributed by atoms with Crippen LogP contribution in [0.25, 0.3) is 0 Å². The first kappa shape index (κ1) is 17.4. The van der Waals surface area contributed by atoms with Gasteiger partial charge in [0.1, 0.15) is 0 Å². The molecule has 0 aromatic carbocycles. The average Bonchev–Trinajstić information content (AvgIpc) is 2.58. The third-order valence-corrected chi connectivity index (χ3v) is 3.74. The van der Waals surface area contributed by atoms with Crippen LogP contribution < -0.4 is 10.6 Å². The zero-order valence-corrected chi connectivity index (χ0v) is 13.1. The Morgan fingerprint density at radius 1 is 1.44 bits per heavy atom. The van der Waals surface area contributed by atoms with Gasteiger partial charge in [-0.25, -0.2) is 0 Å². The number of halogens is 1. The lowest BCUT2D eigenvalue weighted by atomic mass is 10.1. The molecule has 0 saturated carbocycles. The second kappa shape index (κ2) is 8.51. The Kier molecular flexibility index (Phi) is 8.24. The quantitative estimate of drug-likeness (QED) is 0.791. The summed E-state index contributed by atoms with van der Waals surface area (Å²) in [6.07, 6.45) is 1.48. The minimum absolute atomic E-state index is 0. The maximum absolute atomic E-state index is 11.7. The summed E-state index contributed by atoms with van der Waals surface area (Å²) >= 11 is 1.78. The molecule has 0 spiro atoms. The summed E-state index contributed by atoms with van der Waals surface area (Å²) in [6, 6.07) is 2.28. The largest absolute Gasteiger partial charge is 0.350 e. The molecule has 1 unspecified atom stereocenters. The zero-order chi connectivity index (χ0) is 12.8. The van der Waals surface area contributed by atoms with E-state index in [1.54, 1.807) is 11.3 Å². The fourth-order valence-electron chi connectivity index (χ4n) is 1.90. The molecular formula is C13H23ClN2OS. The van der Waals surface area contributed by atoms with Crippen LogP contribution in [0, 0.1) is 13.8 Å². The van der Waals surface area contributed by atoms with E-state index in [1.165, 1.54) is 15.3 Å². The Balaban J connectivity index is 0.00000289. The highest BCUT2D eigenvalue weighted by molar-refractivity contribution is 7.12. The minimum atomic E-state index is 0. The van der Waals surface area contributed by atoms with Crippen molar-refractivity contribution < 1.29 is 4.79 Å². The summed E-state index contributed by atoms with van der Waals surface area (Å²) < 4.78 is 0. The standard InChI is InChI=1S/C13H22N2OS.ClH/c1-9-8-12(11(3)17-9)10(2)15-13(16)6-5-7-14-4;/h8,10,14H,5-7H2,1-4H3,(H,15,16);1H. The van der Waals surface area contributed by atoms with Gasteiger partial charge in [-0.2, -0.15) is 0 Å². The van der Waals surface area contributed by atoms with Gasteiger partial charge < -0.3 is 10.6 Å². The van der Waals surface area contributed by atoms with E-state index in [0.29, 0.717) is 6.42 Å². The maximum atomic E-state index is 11.7. The summed E-state index contributed by atoms with van der Waals surface area (Å²) in [5.74, 6) is 0.135. The molecular weight excluding hydrogens is 268 g/mol. The van der Waals surface area contributed by atoms with Crippen LogP contribution in [0.4, 0.5) is 0 Å². The van der Waals surface area contributed by atoms with Crippen molar-refractivity contribution >= 4 is 29.7 Å². The normalized spacial score (nSPS) is 11.8. The molecule has 1 heterocycles. The lowest BCUT2D eigenvalue weighted by Gasteiger charge is -2.13. The number of amides is 1. The number of carbonyl (C=O) groups is 1. The molecule has 0 fully saturated rings. The molecule has 3 nitrogen and oxygen atoms in total. The molecule has 1 amide bonds. The van der Waals surface area contributed by atoms with Gasteiger partial charge in [0.2, 0.25) is 5.91 Å². The van der Waals surface area contributed by atoms with E-state index >= 15 is 0 Å². The van der Waals surface area contributed by atoms with E-state index in [4.69, 9.17) is 0 Å². The SMILES string of the molecule is CNCCCC(=O)NC(C)c1cc(C)sc1C.Cl. The van der Waals surface area contributed by atoms with Crippen molar-refractivity contribution in [1.82, 2.24) is 10.6 Å². The molecule has 1 rings (SSSR count). The Labute approximate surface area is 120 Å². The highest BCUT2D eigenvalue weighted by Crippen LogP contribution is 2.26. The smallest absolute Gasteiger partial charge is 0.220 e. The fourth-order valence-corrected chi connectivity index (χ4v) is 2.92. The average molecular weight is 291 g/mol. The van der Waals surface area contributed by atoms with Gasteiger partial charge in [-0.3, -0.25) is 4.79 Å². The minimum Gasteiger partial charge on any atom is -0.350 e. The number of rotatable bonds is 6. The van der Waals surface area contributed by atoms with Crippen molar-refractivity contribution in [2.75, 3.05) is 13.6 Å². The number of nitrogens with one attached hydrogen (secondary N) is 2. The maximum Gasteiger partial charge on any atom is 0.220 e. The molecule has 2 N–H and O–H groups in total. The van der Waals surface area contributed by atoms with Gasteiger partial charge in [-0.1, -0.05) is 0 Å². The molecule has 5 heteroatoms. The summed E-state index contributed by atoms with van der Waals surface area (Å²) in [5.41, 5.74) is 1.24. The highest BCUT2D eigenvalue weighted by Gasteiger charge is 2.13. The van der Waals surface area contributed by atoms with Crippen molar-refractivity contribution in [2.24, 2.45) is 0 Å². The Hall–Kier alpha value is -0.580. The van der Waals surface area contributed by atoms with Gasteiger partial charge in [0, 0.05) is 16.2 Å². The molecule has 104 valence electrons. The van der Waals surface area contributed by atoms with Crippen LogP contribution in [-0.4, -0.2) is 19.5 Å². The van der Waals surface area contributed by atoms with Gasteiger partial charge in [0.25, 0.3) is 0 Å². The van der Waals surface area contributed by atoms with Crippen molar-refractivity contribution in [2.45, 2.75) is 39.7 Å². The predicted molar refractivity (Wildman–Crippen MR) is 80.8 cm³/mol. The van der Waals surface area contributed by atoms with Gasteiger partial charge in [-0.15, -0.1) is 23.7 Å². The predicted octanol–water partition coefficient (Wildman–Crippen LogP) is 2.96. The van der Waals surface area contributed by atoms with Crippen molar-refractivity contribution in [3.05, 3.63) is 21.4 Å². The highest BCUT2D eigenvalue weighted by atomic mass is 35.5. The number of carbonyl (C=O) groups excluding carboxylic acids is 1. The summed E-state index contributed by atoms with van der Waals surface area (Å²) in [4.78, 5) is 14.3. The first-order valence-corrected chi connectivity index (χ1v) is 6.87.